The van der Waals surface area contributed by atoms with Crippen molar-refractivity contribution in [2.45, 2.75) is 18.9 Å². The van der Waals surface area contributed by atoms with E-state index in [1.54, 1.807) is 6.07 Å². The molecule has 2 aromatic rings. The molecule has 1 aliphatic rings. The van der Waals surface area contributed by atoms with Gasteiger partial charge in [0.25, 0.3) is 5.91 Å². The van der Waals surface area contributed by atoms with Gasteiger partial charge in [-0.25, -0.2) is 8.78 Å². The number of nitrogens with one attached hydrogen (secondary N) is 1. The van der Waals surface area contributed by atoms with Crippen molar-refractivity contribution in [1.82, 2.24) is 4.90 Å². The molecule has 2 aromatic carbocycles. The van der Waals surface area contributed by atoms with Crippen molar-refractivity contribution in [2.24, 2.45) is 5.73 Å². The van der Waals surface area contributed by atoms with Gasteiger partial charge >= 0.3 is 0 Å². The monoisotopic (exact) mass is 487 g/mol. The van der Waals surface area contributed by atoms with Crippen molar-refractivity contribution in [3.05, 3.63) is 51.1 Å². The summed E-state index contributed by atoms with van der Waals surface area (Å²) in [5.41, 5.74) is 5.68. The summed E-state index contributed by atoms with van der Waals surface area (Å²) < 4.78 is 34.8. The van der Waals surface area contributed by atoms with Crippen LogP contribution >= 0.6 is 22.6 Å². The quantitative estimate of drug-likeness (QED) is 0.608. The Balaban J connectivity index is 1.91. The Kier molecular flexibility index (Phi) is 6.15. The van der Waals surface area contributed by atoms with E-state index in [4.69, 9.17) is 10.5 Å². The Morgan fingerprint density at radius 3 is 2.74 bits per heavy atom. The average molecular weight is 487 g/mol. The maximum Gasteiger partial charge on any atom is 0.254 e. The van der Waals surface area contributed by atoms with Crippen LogP contribution < -0.4 is 15.8 Å². The van der Waals surface area contributed by atoms with E-state index >= 15 is 0 Å². The van der Waals surface area contributed by atoms with Crippen molar-refractivity contribution < 1.29 is 18.3 Å². The maximum atomic E-state index is 14.2. The van der Waals surface area contributed by atoms with Crippen LogP contribution in [0.3, 0.4) is 0 Å². The third-order valence-electron chi connectivity index (χ3n) is 4.62. The van der Waals surface area contributed by atoms with Gasteiger partial charge in [-0.15, -0.1) is 0 Å². The first-order chi connectivity index (χ1) is 12.8. The number of rotatable bonds is 6. The van der Waals surface area contributed by atoms with Crippen molar-refractivity contribution in [1.29, 1.82) is 0 Å². The second kappa shape index (κ2) is 8.39. The zero-order chi connectivity index (χ0) is 19.6. The Morgan fingerprint density at radius 1 is 1.33 bits per heavy atom. The number of likely N-dealkylation sites (tertiary alicyclic amines) is 1. The van der Waals surface area contributed by atoms with Gasteiger partial charge in [-0.2, -0.15) is 0 Å². The van der Waals surface area contributed by atoms with Crippen molar-refractivity contribution in [2.75, 3.05) is 25.5 Å². The summed E-state index contributed by atoms with van der Waals surface area (Å²) in [4.78, 5) is 14.2. The number of amides is 1. The molecule has 3 rings (SSSR count). The van der Waals surface area contributed by atoms with Crippen LogP contribution in [-0.2, 0) is 0 Å². The molecule has 144 valence electrons. The van der Waals surface area contributed by atoms with E-state index in [0.29, 0.717) is 6.61 Å². The SMILES string of the molecule is CN1CCC[C@H]1COc1cc(F)cc(Nc2ccc(I)cc2F)c1C(N)=O. The molecule has 1 atom stereocenters. The fraction of sp³-hybridized carbons (Fsp3) is 0.316. The number of halogens is 3. The summed E-state index contributed by atoms with van der Waals surface area (Å²) >= 11 is 1.99. The first-order valence-electron chi connectivity index (χ1n) is 8.53. The number of benzene rings is 2. The molecule has 0 spiro atoms. The summed E-state index contributed by atoms with van der Waals surface area (Å²) in [5, 5.41) is 2.76. The number of hydrogen-bond donors (Lipinski definition) is 2. The fourth-order valence-corrected chi connectivity index (χ4v) is 3.61. The number of carbonyl (C=O) groups excluding carboxylic acids is 1. The van der Waals surface area contributed by atoms with E-state index in [1.165, 1.54) is 12.1 Å². The predicted octanol–water partition coefficient (Wildman–Crippen LogP) is 3.88. The molecule has 0 saturated carbocycles. The Hall–Kier alpha value is -1.94. The van der Waals surface area contributed by atoms with Gasteiger partial charge in [-0.05, 0) is 73.3 Å². The number of likely N-dealkylation sites (N-methyl/N-ethyl adjacent to an activating group) is 1. The summed E-state index contributed by atoms with van der Waals surface area (Å²) in [7, 11) is 1.99. The summed E-state index contributed by atoms with van der Waals surface area (Å²) in [6, 6.07) is 6.97. The second-order valence-corrected chi connectivity index (χ2v) is 7.77. The molecule has 0 aliphatic carbocycles. The lowest BCUT2D eigenvalue weighted by Gasteiger charge is -2.21. The highest BCUT2D eigenvalue weighted by Crippen LogP contribution is 2.32. The molecular weight excluding hydrogens is 467 g/mol. The highest BCUT2D eigenvalue weighted by atomic mass is 127. The predicted molar refractivity (Wildman–Crippen MR) is 108 cm³/mol. The molecule has 8 heteroatoms. The summed E-state index contributed by atoms with van der Waals surface area (Å²) in [5.74, 6) is -1.85. The molecule has 0 bridgehead atoms. The number of hydrogen-bond acceptors (Lipinski definition) is 4. The molecule has 5 nitrogen and oxygen atoms in total. The highest BCUT2D eigenvalue weighted by molar-refractivity contribution is 14.1. The van der Waals surface area contributed by atoms with E-state index < -0.39 is 17.5 Å². The van der Waals surface area contributed by atoms with Crippen LogP contribution in [0.1, 0.15) is 23.2 Å². The van der Waals surface area contributed by atoms with E-state index in [0.717, 1.165) is 35.1 Å². The van der Waals surface area contributed by atoms with Gasteiger partial charge in [0.05, 0.1) is 11.4 Å². The van der Waals surface area contributed by atoms with Crippen LogP contribution in [0.4, 0.5) is 20.2 Å². The van der Waals surface area contributed by atoms with E-state index in [-0.39, 0.29) is 28.7 Å². The van der Waals surface area contributed by atoms with Gasteiger partial charge in [-0.1, -0.05) is 0 Å². The minimum absolute atomic E-state index is 0.00463. The average Bonchev–Trinajstić information content (AvgIpc) is 3.00. The molecular formula is C19H20F2IN3O2. The van der Waals surface area contributed by atoms with Crippen LogP contribution in [0.25, 0.3) is 0 Å². The number of primary amides is 1. The summed E-state index contributed by atoms with van der Waals surface area (Å²) in [6.45, 7) is 1.29. The molecule has 1 aliphatic heterocycles. The molecule has 1 heterocycles. The minimum Gasteiger partial charge on any atom is -0.491 e. The summed E-state index contributed by atoms with van der Waals surface area (Å²) in [6.07, 6.45) is 2.03. The van der Waals surface area contributed by atoms with Gasteiger partial charge in [0.1, 0.15) is 29.6 Å². The van der Waals surface area contributed by atoms with E-state index in [1.807, 2.05) is 29.6 Å². The normalized spacial score (nSPS) is 17.1. The minimum atomic E-state index is -0.779. The van der Waals surface area contributed by atoms with Crippen molar-refractivity contribution in [3.8, 4) is 5.75 Å². The standard InChI is InChI=1S/C19H20F2IN3O2/c1-25-6-2-3-13(25)10-27-17-8-11(20)7-16(18(17)19(23)26)24-15-5-4-12(22)9-14(15)21/h4-5,7-9,13,24H,2-3,6,10H2,1H3,(H2,23,26)/t13-/m0/s1. The number of carbonyl (C=O) groups is 1. The molecule has 1 fully saturated rings. The van der Waals surface area contributed by atoms with Crippen LogP contribution in [0.15, 0.2) is 30.3 Å². The fourth-order valence-electron chi connectivity index (χ4n) is 3.16. The number of nitrogens with zero attached hydrogens (tertiary/aromatic N) is 1. The molecule has 0 radical (unpaired) electrons. The third-order valence-corrected chi connectivity index (χ3v) is 5.29. The first-order valence-corrected chi connectivity index (χ1v) is 9.61. The number of nitrogens with two attached hydrogens (primary N) is 1. The van der Waals surface area contributed by atoms with Gasteiger partial charge in [0.2, 0.25) is 0 Å². The maximum absolute atomic E-state index is 14.2. The lowest BCUT2D eigenvalue weighted by atomic mass is 10.1. The van der Waals surface area contributed by atoms with Crippen LogP contribution in [0.5, 0.6) is 5.75 Å². The molecule has 0 aromatic heterocycles. The second-order valence-electron chi connectivity index (χ2n) is 6.53. The molecule has 27 heavy (non-hydrogen) atoms. The topological polar surface area (TPSA) is 67.6 Å². The third kappa shape index (κ3) is 4.67. The number of anilines is 2. The van der Waals surface area contributed by atoms with Crippen LogP contribution in [0.2, 0.25) is 0 Å². The number of ether oxygens (including phenoxy) is 1. The molecule has 1 amide bonds. The lowest BCUT2D eigenvalue weighted by molar-refractivity contribution is 0.0995. The zero-order valence-electron chi connectivity index (χ0n) is 14.8. The Morgan fingerprint density at radius 2 is 2.11 bits per heavy atom. The lowest BCUT2D eigenvalue weighted by Crippen LogP contribution is -2.31. The van der Waals surface area contributed by atoms with Gasteiger partial charge in [-0.3, -0.25) is 4.79 Å². The van der Waals surface area contributed by atoms with Gasteiger partial charge in [0, 0.05) is 15.7 Å². The van der Waals surface area contributed by atoms with E-state index in [2.05, 4.69) is 10.2 Å². The highest BCUT2D eigenvalue weighted by Gasteiger charge is 2.24. The van der Waals surface area contributed by atoms with Crippen LogP contribution in [0, 0.1) is 15.2 Å². The first kappa shape index (κ1) is 19.8. The molecule has 0 unspecified atom stereocenters. The molecule has 1 saturated heterocycles. The Bertz CT molecular complexity index is 863. The van der Waals surface area contributed by atoms with Crippen molar-refractivity contribution >= 4 is 39.9 Å². The smallest absolute Gasteiger partial charge is 0.254 e. The van der Waals surface area contributed by atoms with Gasteiger partial charge in [0.15, 0.2) is 0 Å². The van der Waals surface area contributed by atoms with Crippen LogP contribution in [-0.4, -0.2) is 37.0 Å². The largest absolute Gasteiger partial charge is 0.491 e. The van der Waals surface area contributed by atoms with Gasteiger partial charge < -0.3 is 20.7 Å². The van der Waals surface area contributed by atoms with Crippen molar-refractivity contribution in [3.63, 3.8) is 0 Å². The van der Waals surface area contributed by atoms with E-state index in [9.17, 15) is 13.6 Å². The Labute approximate surface area is 170 Å². The zero-order valence-corrected chi connectivity index (χ0v) is 16.9. The molecule has 3 N–H and O–H groups in total.